The molecule has 0 saturated carbocycles. The van der Waals surface area contributed by atoms with Crippen molar-refractivity contribution in [2.45, 2.75) is 6.04 Å². The van der Waals surface area contributed by atoms with Gasteiger partial charge in [0, 0.05) is 18.9 Å². The monoisotopic (exact) mass is 150 g/mol. The van der Waals surface area contributed by atoms with Crippen LogP contribution in [-0.2, 0) is 0 Å². The van der Waals surface area contributed by atoms with Crippen LogP contribution in [0.25, 0.3) is 0 Å². The van der Waals surface area contributed by atoms with Crippen molar-refractivity contribution in [3.8, 4) is 0 Å². The number of aromatic nitrogens is 1. The Morgan fingerprint density at radius 2 is 2.55 bits per heavy atom. The molecule has 2 heterocycles. The van der Waals surface area contributed by atoms with Crippen molar-refractivity contribution >= 4 is 0 Å². The summed E-state index contributed by atoms with van der Waals surface area (Å²) >= 11 is 0. The summed E-state index contributed by atoms with van der Waals surface area (Å²) < 4.78 is 0. The fourth-order valence-corrected chi connectivity index (χ4v) is 1.13. The zero-order valence-corrected chi connectivity index (χ0v) is 6.04. The summed E-state index contributed by atoms with van der Waals surface area (Å²) in [6, 6.07) is 4.33. The minimum absolute atomic E-state index is 0.337. The van der Waals surface area contributed by atoms with E-state index < -0.39 is 0 Å². The molecule has 0 aliphatic carbocycles. The number of nitrogens with one attached hydrogen (secondary N) is 3. The van der Waals surface area contributed by atoms with Crippen LogP contribution < -0.4 is 16.4 Å². The van der Waals surface area contributed by atoms with Crippen molar-refractivity contribution < 1.29 is 0 Å². The zero-order chi connectivity index (χ0) is 7.52. The van der Waals surface area contributed by atoms with Gasteiger partial charge in [0.1, 0.15) is 0 Å². The zero-order valence-electron chi connectivity index (χ0n) is 6.04. The van der Waals surface area contributed by atoms with Crippen molar-refractivity contribution in [3.63, 3.8) is 0 Å². The Labute approximate surface area is 65.0 Å². The third-order valence-electron chi connectivity index (χ3n) is 1.73. The van der Waals surface area contributed by atoms with E-state index >= 15 is 0 Å². The van der Waals surface area contributed by atoms with E-state index in [4.69, 9.17) is 0 Å². The van der Waals surface area contributed by atoms with Gasteiger partial charge in [0.05, 0.1) is 6.04 Å². The third-order valence-corrected chi connectivity index (χ3v) is 1.73. The van der Waals surface area contributed by atoms with Crippen molar-refractivity contribution in [1.29, 1.82) is 0 Å². The van der Waals surface area contributed by atoms with Gasteiger partial charge in [-0.1, -0.05) is 6.07 Å². The standard InChI is InChI=1S/C7H10N4/c1-2-6(4-8-3-1)7-5-9-11-10-7/h1-4,7,9-11H,5H2. The Kier molecular flexibility index (Phi) is 1.81. The molecule has 1 aliphatic rings. The second-order valence-corrected chi connectivity index (χ2v) is 2.49. The molecule has 0 spiro atoms. The fraction of sp³-hybridized carbons (Fsp3) is 0.286. The summed E-state index contributed by atoms with van der Waals surface area (Å²) in [4.78, 5) is 4.03. The lowest BCUT2D eigenvalue weighted by molar-refractivity contribution is 0.554. The Morgan fingerprint density at radius 3 is 3.18 bits per heavy atom. The van der Waals surface area contributed by atoms with E-state index in [2.05, 4.69) is 27.4 Å². The molecule has 0 aromatic carbocycles. The van der Waals surface area contributed by atoms with Crippen LogP contribution in [0.15, 0.2) is 24.5 Å². The third kappa shape index (κ3) is 1.37. The predicted molar refractivity (Wildman–Crippen MR) is 41.3 cm³/mol. The first-order chi connectivity index (χ1) is 5.47. The molecular weight excluding hydrogens is 140 g/mol. The van der Waals surface area contributed by atoms with Crippen LogP contribution in [0.2, 0.25) is 0 Å². The van der Waals surface area contributed by atoms with E-state index in [-0.39, 0.29) is 0 Å². The van der Waals surface area contributed by atoms with Crippen LogP contribution in [-0.4, -0.2) is 11.5 Å². The molecule has 1 atom stereocenters. The van der Waals surface area contributed by atoms with Crippen LogP contribution in [0, 0.1) is 0 Å². The van der Waals surface area contributed by atoms with Gasteiger partial charge in [-0.2, -0.15) is 5.53 Å². The molecule has 1 aromatic heterocycles. The normalized spacial score (nSPS) is 23.8. The maximum atomic E-state index is 4.03. The number of nitrogens with zero attached hydrogens (tertiary/aromatic N) is 1. The molecule has 1 fully saturated rings. The van der Waals surface area contributed by atoms with Gasteiger partial charge < -0.3 is 0 Å². The number of rotatable bonds is 1. The van der Waals surface area contributed by atoms with Crippen molar-refractivity contribution in [3.05, 3.63) is 30.1 Å². The van der Waals surface area contributed by atoms with E-state index in [1.54, 1.807) is 6.20 Å². The smallest absolute Gasteiger partial charge is 0.0629 e. The highest BCUT2D eigenvalue weighted by Gasteiger charge is 2.14. The molecule has 1 aromatic rings. The van der Waals surface area contributed by atoms with Gasteiger partial charge in [0.25, 0.3) is 0 Å². The van der Waals surface area contributed by atoms with E-state index in [0.717, 1.165) is 6.54 Å². The van der Waals surface area contributed by atoms with Crippen LogP contribution in [0.5, 0.6) is 0 Å². The molecule has 4 nitrogen and oxygen atoms in total. The average molecular weight is 150 g/mol. The minimum atomic E-state index is 0.337. The van der Waals surface area contributed by atoms with Gasteiger partial charge in [0.2, 0.25) is 0 Å². The van der Waals surface area contributed by atoms with Crippen molar-refractivity contribution in [2.75, 3.05) is 6.54 Å². The van der Waals surface area contributed by atoms with Gasteiger partial charge in [-0.15, -0.1) is 0 Å². The molecule has 2 rings (SSSR count). The summed E-state index contributed by atoms with van der Waals surface area (Å²) in [7, 11) is 0. The van der Waals surface area contributed by atoms with E-state index in [1.807, 2.05) is 12.3 Å². The highest BCUT2D eigenvalue weighted by Crippen LogP contribution is 2.10. The molecule has 11 heavy (non-hydrogen) atoms. The number of hydrogen-bond donors (Lipinski definition) is 3. The molecular formula is C7H10N4. The Morgan fingerprint density at radius 1 is 1.55 bits per heavy atom. The Bertz CT molecular complexity index is 217. The largest absolute Gasteiger partial charge is 0.264 e. The van der Waals surface area contributed by atoms with Crippen LogP contribution in [0.4, 0.5) is 0 Å². The first-order valence-corrected chi connectivity index (χ1v) is 3.60. The summed E-state index contributed by atoms with van der Waals surface area (Å²) in [6.07, 6.45) is 3.64. The molecule has 1 aliphatic heterocycles. The maximum absolute atomic E-state index is 4.03. The van der Waals surface area contributed by atoms with Gasteiger partial charge in [-0.05, 0) is 11.6 Å². The van der Waals surface area contributed by atoms with E-state index in [1.165, 1.54) is 5.56 Å². The first-order valence-electron chi connectivity index (χ1n) is 3.60. The second-order valence-electron chi connectivity index (χ2n) is 2.49. The van der Waals surface area contributed by atoms with Gasteiger partial charge in [-0.25, -0.2) is 10.9 Å². The molecule has 0 amide bonds. The van der Waals surface area contributed by atoms with E-state index in [0.29, 0.717) is 6.04 Å². The van der Waals surface area contributed by atoms with Crippen molar-refractivity contribution in [1.82, 2.24) is 21.4 Å². The molecule has 4 heteroatoms. The quantitative estimate of drug-likeness (QED) is 0.516. The highest BCUT2D eigenvalue weighted by molar-refractivity contribution is 5.14. The molecule has 0 radical (unpaired) electrons. The lowest BCUT2D eigenvalue weighted by Gasteiger charge is -2.06. The van der Waals surface area contributed by atoms with Gasteiger partial charge >= 0.3 is 0 Å². The van der Waals surface area contributed by atoms with Gasteiger partial charge in [-0.3, -0.25) is 4.98 Å². The SMILES string of the molecule is c1cncc(C2CNNN2)c1. The Hall–Kier alpha value is -0.970. The molecule has 58 valence electrons. The van der Waals surface area contributed by atoms with E-state index in [9.17, 15) is 0 Å². The number of hydrazine groups is 2. The number of pyridine rings is 1. The highest BCUT2D eigenvalue weighted by atomic mass is 15.6. The molecule has 1 unspecified atom stereocenters. The summed E-state index contributed by atoms with van der Waals surface area (Å²) in [5.74, 6) is 0. The predicted octanol–water partition coefficient (Wildman–Crippen LogP) is -0.265. The second kappa shape index (κ2) is 2.96. The van der Waals surface area contributed by atoms with Crippen LogP contribution in [0.1, 0.15) is 11.6 Å². The molecule has 1 saturated heterocycles. The van der Waals surface area contributed by atoms with Crippen LogP contribution in [0.3, 0.4) is 0 Å². The summed E-state index contributed by atoms with van der Waals surface area (Å²) in [5.41, 5.74) is 10.1. The average Bonchev–Trinajstić information content (AvgIpc) is 2.58. The topological polar surface area (TPSA) is 49.0 Å². The molecule has 0 bridgehead atoms. The summed E-state index contributed by atoms with van der Waals surface area (Å²) in [5, 5.41) is 0. The lowest BCUT2D eigenvalue weighted by atomic mass is 10.1. The van der Waals surface area contributed by atoms with Crippen LogP contribution >= 0.6 is 0 Å². The minimum Gasteiger partial charge on any atom is -0.264 e. The summed E-state index contributed by atoms with van der Waals surface area (Å²) in [6.45, 7) is 0.895. The molecule has 3 N–H and O–H groups in total. The lowest BCUT2D eigenvalue weighted by Crippen LogP contribution is -2.30. The fourth-order valence-electron chi connectivity index (χ4n) is 1.13. The van der Waals surface area contributed by atoms with Crippen molar-refractivity contribution in [2.24, 2.45) is 0 Å². The maximum Gasteiger partial charge on any atom is 0.0629 e. The number of hydrogen-bond acceptors (Lipinski definition) is 4. The Balaban J connectivity index is 2.16. The van der Waals surface area contributed by atoms with Gasteiger partial charge in [0.15, 0.2) is 0 Å². The first kappa shape index (κ1) is 6.72.